The molecular formula is C30H17BrO. The minimum absolute atomic E-state index is 0.921. The van der Waals surface area contributed by atoms with Crippen molar-refractivity contribution in [1.29, 1.82) is 0 Å². The SMILES string of the molecule is Brc1cc(-c2c3ccccc3cc3oc4ccccc4c23)cc2cc3ccccc3cc12. The van der Waals surface area contributed by atoms with E-state index < -0.39 is 0 Å². The van der Waals surface area contributed by atoms with Crippen LogP contribution in [0.4, 0.5) is 0 Å². The van der Waals surface area contributed by atoms with E-state index in [1.54, 1.807) is 0 Å². The maximum Gasteiger partial charge on any atom is 0.136 e. The Morgan fingerprint density at radius 2 is 1.19 bits per heavy atom. The molecule has 2 heteroatoms. The van der Waals surface area contributed by atoms with Gasteiger partial charge in [0.25, 0.3) is 0 Å². The largest absolute Gasteiger partial charge is 0.456 e. The summed E-state index contributed by atoms with van der Waals surface area (Å²) < 4.78 is 7.39. The molecule has 0 radical (unpaired) electrons. The zero-order valence-corrected chi connectivity index (χ0v) is 18.7. The third-order valence-corrected chi connectivity index (χ3v) is 7.10. The van der Waals surface area contributed by atoms with Gasteiger partial charge in [0.15, 0.2) is 0 Å². The summed E-state index contributed by atoms with van der Waals surface area (Å²) in [5.74, 6) is 0. The first-order valence-corrected chi connectivity index (χ1v) is 11.5. The molecule has 0 amide bonds. The van der Waals surface area contributed by atoms with Crippen molar-refractivity contribution in [3.8, 4) is 11.1 Å². The van der Waals surface area contributed by atoms with Crippen LogP contribution in [0.1, 0.15) is 0 Å². The van der Waals surface area contributed by atoms with Crippen molar-refractivity contribution in [2.45, 2.75) is 0 Å². The van der Waals surface area contributed by atoms with E-state index in [0.717, 1.165) is 21.0 Å². The van der Waals surface area contributed by atoms with Crippen molar-refractivity contribution < 1.29 is 4.42 Å². The fraction of sp³-hybridized carbons (Fsp3) is 0. The van der Waals surface area contributed by atoms with Gasteiger partial charge in [-0.25, -0.2) is 0 Å². The lowest BCUT2D eigenvalue weighted by Crippen LogP contribution is -1.86. The van der Waals surface area contributed by atoms with Gasteiger partial charge in [-0.2, -0.15) is 0 Å². The molecule has 0 aliphatic rings. The Morgan fingerprint density at radius 1 is 0.500 bits per heavy atom. The summed E-state index contributed by atoms with van der Waals surface area (Å²) in [5, 5.41) is 9.69. The van der Waals surface area contributed by atoms with E-state index in [2.05, 4.69) is 107 Å². The average molecular weight is 473 g/mol. The summed E-state index contributed by atoms with van der Waals surface area (Å²) in [6, 6.07) is 36.7. The number of hydrogen-bond donors (Lipinski definition) is 0. The van der Waals surface area contributed by atoms with Gasteiger partial charge in [-0.15, -0.1) is 0 Å². The number of halogens is 1. The zero-order valence-electron chi connectivity index (χ0n) is 17.1. The molecule has 0 bridgehead atoms. The van der Waals surface area contributed by atoms with Crippen molar-refractivity contribution >= 4 is 70.2 Å². The highest BCUT2D eigenvalue weighted by Gasteiger charge is 2.17. The highest BCUT2D eigenvalue weighted by molar-refractivity contribution is 9.10. The first-order chi connectivity index (χ1) is 15.8. The second kappa shape index (κ2) is 6.69. The number of benzene rings is 6. The van der Waals surface area contributed by atoms with Crippen LogP contribution in [-0.2, 0) is 0 Å². The quantitative estimate of drug-likeness (QED) is 0.217. The lowest BCUT2D eigenvalue weighted by molar-refractivity contribution is 0.669. The molecular weight excluding hydrogens is 456 g/mol. The van der Waals surface area contributed by atoms with E-state index in [0.29, 0.717) is 0 Å². The van der Waals surface area contributed by atoms with E-state index in [4.69, 9.17) is 4.42 Å². The Hall–Kier alpha value is -3.62. The summed E-state index contributed by atoms with van der Waals surface area (Å²) in [4.78, 5) is 0. The van der Waals surface area contributed by atoms with Gasteiger partial charge in [0.05, 0.1) is 0 Å². The summed E-state index contributed by atoms with van der Waals surface area (Å²) in [5.41, 5.74) is 4.26. The van der Waals surface area contributed by atoms with Gasteiger partial charge in [0.2, 0.25) is 0 Å². The second-order valence-corrected chi connectivity index (χ2v) is 9.18. The van der Waals surface area contributed by atoms with Gasteiger partial charge in [0.1, 0.15) is 11.2 Å². The van der Waals surface area contributed by atoms with Crippen LogP contribution in [0.2, 0.25) is 0 Å². The second-order valence-electron chi connectivity index (χ2n) is 8.32. The third kappa shape index (κ3) is 2.57. The van der Waals surface area contributed by atoms with Gasteiger partial charge < -0.3 is 4.42 Å². The van der Waals surface area contributed by atoms with Gasteiger partial charge in [0, 0.05) is 20.8 Å². The van der Waals surface area contributed by atoms with Crippen LogP contribution in [0.5, 0.6) is 0 Å². The van der Waals surface area contributed by atoms with Crippen LogP contribution < -0.4 is 0 Å². The normalized spacial score (nSPS) is 11.9. The maximum atomic E-state index is 6.29. The highest BCUT2D eigenvalue weighted by atomic mass is 79.9. The molecule has 0 unspecified atom stereocenters. The Morgan fingerprint density at radius 3 is 2.03 bits per heavy atom. The number of hydrogen-bond acceptors (Lipinski definition) is 1. The zero-order chi connectivity index (χ0) is 21.2. The van der Waals surface area contributed by atoms with Crippen molar-refractivity contribution in [3.05, 3.63) is 108 Å². The predicted molar refractivity (Wildman–Crippen MR) is 139 cm³/mol. The fourth-order valence-corrected chi connectivity index (χ4v) is 5.59. The summed E-state index contributed by atoms with van der Waals surface area (Å²) in [7, 11) is 0. The van der Waals surface area contributed by atoms with Crippen LogP contribution >= 0.6 is 15.9 Å². The molecule has 7 rings (SSSR count). The number of fused-ring (bicyclic) bond motifs is 6. The Bertz CT molecular complexity index is 1840. The number of rotatable bonds is 1. The van der Waals surface area contributed by atoms with Crippen LogP contribution in [-0.4, -0.2) is 0 Å². The molecule has 6 aromatic carbocycles. The molecule has 1 heterocycles. The lowest BCUT2D eigenvalue weighted by Gasteiger charge is -2.12. The van der Waals surface area contributed by atoms with E-state index in [1.165, 1.54) is 48.8 Å². The van der Waals surface area contributed by atoms with E-state index in [1.807, 2.05) is 12.1 Å². The molecule has 1 aromatic heterocycles. The van der Waals surface area contributed by atoms with E-state index in [9.17, 15) is 0 Å². The molecule has 32 heavy (non-hydrogen) atoms. The van der Waals surface area contributed by atoms with Crippen molar-refractivity contribution in [2.24, 2.45) is 0 Å². The van der Waals surface area contributed by atoms with Crippen LogP contribution in [0, 0.1) is 0 Å². The maximum absolute atomic E-state index is 6.29. The molecule has 150 valence electrons. The lowest BCUT2D eigenvalue weighted by atomic mass is 9.91. The third-order valence-electron chi connectivity index (χ3n) is 6.45. The molecule has 0 N–H and O–H groups in total. The van der Waals surface area contributed by atoms with Gasteiger partial charge in [-0.1, -0.05) is 82.7 Å². The highest BCUT2D eigenvalue weighted by Crippen LogP contribution is 2.43. The molecule has 0 atom stereocenters. The molecule has 0 aliphatic heterocycles. The Balaban J connectivity index is 1.66. The first kappa shape index (κ1) is 18.0. The van der Waals surface area contributed by atoms with Crippen molar-refractivity contribution in [1.82, 2.24) is 0 Å². The van der Waals surface area contributed by atoms with Crippen LogP contribution in [0.25, 0.3) is 65.4 Å². The van der Waals surface area contributed by atoms with E-state index in [-0.39, 0.29) is 0 Å². The molecule has 0 saturated heterocycles. The Kier molecular flexibility index (Phi) is 3.76. The molecule has 0 spiro atoms. The van der Waals surface area contributed by atoms with Gasteiger partial charge in [-0.05, 0) is 74.3 Å². The monoisotopic (exact) mass is 472 g/mol. The molecule has 0 fully saturated rings. The van der Waals surface area contributed by atoms with Crippen molar-refractivity contribution in [2.75, 3.05) is 0 Å². The molecule has 1 nitrogen and oxygen atoms in total. The fourth-order valence-electron chi connectivity index (χ4n) is 5.00. The van der Waals surface area contributed by atoms with E-state index >= 15 is 0 Å². The smallest absolute Gasteiger partial charge is 0.136 e. The minimum Gasteiger partial charge on any atom is -0.456 e. The average Bonchev–Trinajstić information content (AvgIpc) is 3.19. The molecule has 0 saturated carbocycles. The van der Waals surface area contributed by atoms with Crippen molar-refractivity contribution in [3.63, 3.8) is 0 Å². The van der Waals surface area contributed by atoms with Gasteiger partial charge >= 0.3 is 0 Å². The molecule has 7 aromatic rings. The minimum atomic E-state index is 0.921. The summed E-state index contributed by atoms with van der Waals surface area (Å²) in [6.45, 7) is 0. The van der Waals surface area contributed by atoms with Crippen LogP contribution in [0.3, 0.4) is 0 Å². The summed E-state index contributed by atoms with van der Waals surface area (Å²) in [6.07, 6.45) is 0. The summed E-state index contributed by atoms with van der Waals surface area (Å²) >= 11 is 3.88. The topological polar surface area (TPSA) is 13.1 Å². The van der Waals surface area contributed by atoms with Gasteiger partial charge in [-0.3, -0.25) is 0 Å². The van der Waals surface area contributed by atoms with Crippen LogP contribution in [0.15, 0.2) is 112 Å². The number of furan rings is 1. The predicted octanol–water partition coefficient (Wildman–Crippen LogP) is 9.48. The molecule has 0 aliphatic carbocycles. The number of para-hydroxylation sites is 1. The Labute approximate surface area is 193 Å². The first-order valence-electron chi connectivity index (χ1n) is 10.7. The standard InChI is InChI=1S/C30H17BrO/c31-26-16-22(14-21-13-18-7-1-2-8-19(18)15-25(21)26)29-23-10-4-3-9-20(23)17-28-30(29)24-11-5-6-12-27(24)32-28/h1-17H.